The summed E-state index contributed by atoms with van der Waals surface area (Å²) >= 11 is 0. The van der Waals surface area contributed by atoms with E-state index in [0.29, 0.717) is 6.54 Å². The first-order valence-corrected chi connectivity index (χ1v) is 6.69. The Morgan fingerprint density at radius 3 is 2.90 bits per heavy atom. The highest BCUT2D eigenvalue weighted by molar-refractivity contribution is 5.92. The Balaban J connectivity index is 1.69. The van der Waals surface area contributed by atoms with E-state index >= 15 is 0 Å². The molecule has 0 fully saturated rings. The van der Waals surface area contributed by atoms with Crippen LogP contribution in [0, 0.1) is 6.92 Å². The standard InChI is InChI=1S/C15H20N4O/c1-12-4-3-5-13(10-12)18-15(20)11-16-8-6-14-7-9-17-19(14)2/h3-5,7,9-10,16H,6,8,11H2,1-2H3,(H,18,20). The molecular weight excluding hydrogens is 252 g/mol. The van der Waals surface area contributed by atoms with Gasteiger partial charge in [-0.25, -0.2) is 0 Å². The van der Waals surface area contributed by atoms with E-state index in [-0.39, 0.29) is 5.91 Å². The molecule has 5 heteroatoms. The molecule has 0 atom stereocenters. The number of rotatable bonds is 6. The molecule has 0 unspecified atom stereocenters. The van der Waals surface area contributed by atoms with Gasteiger partial charge in [-0.15, -0.1) is 0 Å². The molecule has 20 heavy (non-hydrogen) atoms. The quantitative estimate of drug-likeness (QED) is 0.783. The predicted octanol–water partition coefficient (Wildman–Crippen LogP) is 1.50. The van der Waals surface area contributed by atoms with Crippen molar-refractivity contribution in [1.82, 2.24) is 15.1 Å². The lowest BCUT2D eigenvalue weighted by atomic mass is 10.2. The van der Waals surface area contributed by atoms with Gasteiger partial charge in [-0.1, -0.05) is 12.1 Å². The average Bonchev–Trinajstić information content (AvgIpc) is 2.80. The SMILES string of the molecule is Cc1cccc(NC(=O)CNCCc2ccnn2C)c1. The summed E-state index contributed by atoms with van der Waals surface area (Å²) in [6.07, 6.45) is 2.63. The number of aryl methyl sites for hydroxylation is 2. The minimum Gasteiger partial charge on any atom is -0.325 e. The van der Waals surface area contributed by atoms with Crippen molar-refractivity contribution >= 4 is 11.6 Å². The molecule has 0 radical (unpaired) electrons. The van der Waals surface area contributed by atoms with Gasteiger partial charge in [0, 0.05) is 37.6 Å². The molecule has 0 bridgehead atoms. The minimum absolute atomic E-state index is 0.0272. The topological polar surface area (TPSA) is 59.0 Å². The highest BCUT2D eigenvalue weighted by Gasteiger charge is 2.03. The Bertz CT molecular complexity index is 577. The van der Waals surface area contributed by atoms with Gasteiger partial charge < -0.3 is 10.6 Å². The minimum atomic E-state index is -0.0272. The Labute approximate surface area is 119 Å². The fourth-order valence-corrected chi connectivity index (χ4v) is 1.99. The van der Waals surface area contributed by atoms with Crippen LogP contribution in [0.5, 0.6) is 0 Å². The van der Waals surface area contributed by atoms with Gasteiger partial charge in [-0.3, -0.25) is 9.48 Å². The molecule has 2 aromatic rings. The number of carbonyl (C=O) groups excluding carboxylic acids is 1. The lowest BCUT2D eigenvalue weighted by Gasteiger charge is -2.07. The second-order valence-corrected chi connectivity index (χ2v) is 4.79. The van der Waals surface area contributed by atoms with E-state index in [1.54, 1.807) is 6.20 Å². The van der Waals surface area contributed by atoms with Gasteiger partial charge in [0.25, 0.3) is 0 Å². The Morgan fingerprint density at radius 1 is 1.35 bits per heavy atom. The van der Waals surface area contributed by atoms with Crippen molar-refractivity contribution in [2.24, 2.45) is 7.05 Å². The zero-order valence-electron chi connectivity index (χ0n) is 11.9. The smallest absolute Gasteiger partial charge is 0.238 e. The molecule has 0 aliphatic carbocycles. The van der Waals surface area contributed by atoms with Gasteiger partial charge in [-0.05, 0) is 30.7 Å². The molecule has 0 spiro atoms. The van der Waals surface area contributed by atoms with E-state index in [0.717, 1.165) is 29.9 Å². The van der Waals surface area contributed by atoms with Crippen LogP contribution in [0.1, 0.15) is 11.3 Å². The number of aromatic nitrogens is 2. The molecule has 1 aromatic carbocycles. The molecule has 2 rings (SSSR count). The van der Waals surface area contributed by atoms with E-state index in [2.05, 4.69) is 15.7 Å². The second kappa shape index (κ2) is 6.86. The zero-order chi connectivity index (χ0) is 14.4. The highest BCUT2D eigenvalue weighted by atomic mass is 16.1. The number of amides is 1. The van der Waals surface area contributed by atoms with Crippen LogP contribution < -0.4 is 10.6 Å². The lowest BCUT2D eigenvalue weighted by molar-refractivity contribution is -0.115. The molecule has 106 valence electrons. The van der Waals surface area contributed by atoms with Crippen LogP contribution in [-0.4, -0.2) is 28.8 Å². The number of carbonyl (C=O) groups is 1. The average molecular weight is 272 g/mol. The monoisotopic (exact) mass is 272 g/mol. The molecule has 0 saturated heterocycles. The van der Waals surface area contributed by atoms with E-state index in [9.17, 15) is 4.79 Å². The summed E-state index contributed by atoms with van der Waals surface area (Å²) in [6.45, 7) is 3.06. The van der Waals surface area contributed by atoms with Gasteiger partial charge in [0.2, 0.25) is 5.91 Å². The van der Waals surface area contributed by atoms with Crippen molar-refractivity contribution in [3.63, 3.8) is 0 Å². The number of hydrogen-bond acceptors (Lipinski definition) is 3. The fourth-order valence-electron chi connectivity index (χ4n) is 1.99. The lowest BCUT2D eigenvalue weighted by Crippen LogP contribution is -2.29. The molecular formula is C15H20N4O. The number of nitrogens with one attached hydrogen (secondary N) is 2. The van der Waals surface area contributed by atoms with Crippen LogP contribution in [-0.2, 0) is 18.3 Å². The third-order valence-electron chi connectivity index (χ3n) is 3.07. The number of benzene rings is 1. The van der Waals surface area contributed by atoms with Crippen molar-refractivity contribution in [1.29, 1.82) is 0 Å². The van der Waals surface area contributed by atoms with Crippen LogP contribution in [0.4, 0.5) is 5.69 Å². The first-order chi connectivity index (χ1) is 9.65. The second-order valence-electron chi connectivity index (χ2n) is 4.79. The Hall–Kier alpha value is -2.14. The maximum atomic E-state index is 11.8. The molecule has 2 N–H and O–H groups in total. The Morgan fingerprint density at radius 2 is 2.20 bits per heavy atom. The van der Waals surface area contributed by atoms with Crippen molar-refractivity contribution in [3.8, 4) is 0 Å². The highest BCUT2D eigenvalue weighted by Crippen LogP contribution is 2.08. The van der Waals surface area contributed by atoms with Gasteiger partial charge in [0.1, 0.15) is 0 Å². The summed E-state index contributed by atoms with van der Waals surface area (Å²) in [5.74, 6) is -0.0272. The van der Waals surface area contributed by atoms with Crippen LogP contribution in [0.25, 0.3) is 0 Å². The van der Waals surface area contributed by atoms with Crippen LogP contribution in [0.2, 0.25) is 0 Å². The van der Waals surface area contributed by atoms with Gasteiger partial charge in [0.05, 0.1) is 6.54 Å². The Kier molecular flexibility index (Phi) is 4.90. The first kappa shape index (κ1) is 14.3. The van der Waals surface area contributed by atoms with Gasteiger partial charge in [-0.2, -0.15) is 5.10 Å². The number of nitrogens with zero attached hydrogens (tertiary/aromatic N) is 2. The maximum absolute atomic E-state index is 11.8. The zero-order valence-corrected chi connectivity index (χ0v) is 11.9. The summed E-state index contributed by atoms with van der Waals surface area (Å²) in [4.78, 5) is 11.8. The summed E-state index contributed by atoms with van der Waals surface area (Å²) in [5, 5.41) is 10.1. The van der Waals surface area contributed by atoms with Crippen molar-refractivity contribution < 1.29 is 4.79 Å². The predicted molar refractivity (Wildman–Crippen MR) is 79.6 cm³/mol. The summed E-state index contributed by atoms with van der Waals surface area (Å²) in [6, 6.07) is 9.76. The van der Waals surface area contributed by atoms with E-state index in [1.807, 2.05) is 49.0 Å². The van der Waals surface area contributed by atoms with Crippen LogP contribution >= 0.6 is 0 Å². The summed E-state index contributed by atoms with van der Waals surface area (Å²) in [5.41, 5.74) is 3.12. The van der Waals surface area contributed by atoms with Gasteiger partial charge >= 0.3 is 0 Å². The number of hydrogen-bond donors (Lipinski definition) is 2. The third kappa shape index (κ3) is 4.20. The normalized spacial score (nSPS) is 10.5. The summed E-state index contributed by atoms with van der Waals surface area (Å²) in [7, 11) is 1.92. The van der Waals surface area contributed by atoms with Crippen molar-refractivity contribution in [2.45, 2.75) is 13.3 Å². The number of anilines is 1. The molecule has 0 saturated carbocycles. The first-order valence-electron chi connectivity index (χ1n) is 6.69. The fraction of sp³-hybridized carbons (Fsp3) is 0.333. The largest absolute Gasteiger partial charge is 0.325 e. The molecule has 1 aromatic heterocycles. The molecule has 0 aliphatic heterocycles. The van der Waals surface area contributed by atoms with E-state index in [4.69, 9.17) is 0 Å². The van der Waals surface area contributed by atoms with Crippen LogP contribution in [0.15, 0.2) is 36.5 Å². The molecule has 1 amide bonds. The van der Waals surface area contributed by atoms with Crippen molar-refractivity contribution in [2.75, 3.05) is 18.4 Å². The maximum Gasteiger partial charge on any atom is 0.238 e. The molecule has 1 heterocycles. The van der Waals surface area contributed by atoms with E-state index in [1.165, 1.54) is 0 Å². The summed E-state index contributed by atoms with van der Waals surface area (Å²) < 4.78 is 1.84. The third-order valence-corrected chi connectivity index (χ3v) is 3.07. The molecule has 0 aliphatic rings. The van der Waals surface area contributed by atoms with E-state index < -0.39 is 0 Å². The van der Waals surface area contributed by atoms with Crippen LogP contribution in [0.3, 0.4) is 0 Å². The van der Waals surface area contributed by atoms with Gasteiger partial charge in [0.15, 0.2) is 0 Å². The van der Waals surface area contributed by atoms with Crippen molar-refractivity contribution in [3.05, 3.63) is 47.8 Å². The molecule has 5 nitrogen and oxygen atoms in total.